The number of hydrogen-bond donors (Lipinski definition) is 1. The second kappa shape index (κ2) is 5.47. The molecule has 4 heteroatoms. The fourth-order valence-corrected chi connectivity index (χ4v) is 1.52. The Hall–Kier alpha value is -2.13. The van der Waals surface area contributed by atoms with E-state index in [0.29, 0.717) is 5.02 Å². The van der Waals surface area contributed by atoms with Gasteiger partial charge in [-0.25, -0.2) is 9.78 Å². The molecule has 0 radical (unpaired) electrons. The molecule has 18 heavy (non-hydrogen) atoms. The summed E-state index contributed by atoms with van der Waals surface area (Å²) in [5.41, 5.74) is 1.90. The second-order valence-electron chi connectivity index (χ2n) is 3.67. The third-order valence-electron chi connectivity index (χ3n) is 2.34. The highest BCUT2D eigenvalue weighted by Gasteiger charge is 2.01. The number of halogens is 1. The molecule has 0 atom stereocenters. The Kier molecular flexibility index (Phi) is 3.75. The SMILES string of the molecule is O=C(O)c1ccc(/C=C/c2ccc(Cl)cc2)cn1. The average molecular weight is 260 g/mol. The summed E-state index contributed by atoms with van der Waals surface area (Å²) in [7, 11) is 0. The molecule has 1 N–H and O–H groups in total. The summed E-state index contributed by atoms with van der Waals surface area (Å²) in [4.78, 5) is 14.5. The molecule has 0 amide bonds. The predicted octanol–water partition coefficient (Wildman–Crippen LogP) is 3.60. The molecule has 0 unspecified atom stereocenters. The molecule has 0 aliphatic rings. The number of carbonyl (C=O) groups is 1. The molecular weight excluding hydrogens is 250 g/mol. The van der Waals surface area contributed by atoms with Crippen molar-refractivity contribution in [1.29, 1.82) is 0 Å². The van der Waals surface area contributed by atoms with Gasteiger partial charge in [0.05, 0.1) is 0 Å². The van der Waals surface area contributed by atoms with Crippen molar-refractivity contribution >= 4 is 29.7 Å². The van der Waals surface area contributed by atoms with Gasteiger partial charge >= 0.3 is 5.97 Å². The van der Waals surface area contributed by atoms with Crippen LogP contribution in [0.5, 0.6) is 0 Å². The van der Waals surface area contributed by atoms with E-state index in [1.54, 1.807) is 6.07 Å². The maximum absolute atomic E-state index is 10.6. The number of benzene rings is 1. The second-order valence-corrected chi connectivity index (χ2v) is 4.10. The molecule has 1 aromatic carbocycles. The first-order valence-corrected chi connectivity index (χ1v) is 5.66. The first kappa shape index (κ1) is 12.3. The van der Waals surface area contributed by atoms with Crippen molar-refractivity contribution in [3.8, 4) is 0 Å². The molecule has 0 saturated carbocycles. The van der Waals surface area contributed by atoms with Crippen LogP contribution in [0.15, 0.2) is 42.6 Å². The van der Waals surface area contributed by atoms with Gasteiger partial charge in [0, 0.05) is 11.2 Å². The Bertz CT molecular complexity index is 574. The number of nitrogens with zero attached hydrogens (tertiary/aromatic N) is 1. The summed E-state index contributed by atoms with van der Waals surface area (Å²) in [5, 5.41) is 9.41. The van der Waals surface area contributed by atoms with E-state index in [4.69, 9.17) is 16.7 Å². The zero-order valence-electron chi connectivity index (χ0n) is 9.38. The van der Waals surface area contributed by atoms with E-state index in [9.17, 15) is 4.79 Å². The molecule has 0 bridgehead atoms. The van der Waals surface area contributed by atoms with Gasteiger partial charge in [-0.3, -0.25) is 0 Å². The molecule has 0 aliphatic heterocycles. The van der Waals surface area contributed by atoms with Crippen LogP contribution in [-0.4, -0.2) is 16.1 Å². The lowest BCUT2D eigenvalue weighted by Crippen LogP contribution is -1.98. The summed E-state index contributed by atoms with van der Waals surface area (Å²) in [5.74, 6) is -1.02. The highest BCUT2D eigenvalue weighted by molar-refractivity contribution is 6.30. The van der Waals surface area contributed by atoms with Crippen molar-refractivity contribution < 1.29 is 9.90 Å². The van der Waals surface area contributed by atoms with Crippen LogP contribution in [0.2, 0.25) is 5.02 Å². The van der Waals surface area contributed by atoms with Crippen LogP contribution in [-0.2, 0) is 0 Å². The maximum Gasteiger partial charge on any atom is 0.354 e. The Morgan fingerprint density at radius 3 is 2.22 bits per heavy atom. The van der Waals surface area contributed by atoms with Crippen molar-refractivity contribution in [3.05, 3.63) is 64.4 Å². The number of aromatic carboxylic acids is 1. The molecule has 0 spiro atoms. The molecule has 0 fully saturated rings. The van der Waals surface area contributed by atoms with Crippen LogP contribution >= 0.6 is 11.6 Å². The monoisotopic (exact) mass is 259 g/mol. The quantitative estimate of drug-likeness (QED) is 0.916. The molecule has 0 saturated heterocycles. The minimum Gasteiger partial charge on any atom is -0.477 e. The minimum atomic E-state index is -1.02. The topological polar surface area (TPSA) is 50.2 Å². The number of hydrogen-bond acceptors (Lipinski definition) is 2. The van der Waals surface area contributed by atoms with Gasteiger partial charge in [-0.1, -0.05) is 42.0 Å². The molecule has 1 aromatic heterocycles. The van der Waals surface area contributed by atoms with Crippen LogP contribution in [0.3, 0.4) is 0 Å². The normalized spacial score (nSPS) is 10.7. The van der Waals surface area contributed by atoms with Crippen molar-refractivity contribution in [1.82, 2.24) is 4.98 Å². The molecule has 1 heterocycles. The first-order chi connectivity index (χ1) is 8.65. The number of carboxylic acid groups (broad SMARTS) is 1. The van der Waals surface area contributed by atoms with E-state index >= 15 is 0 Å². The molecule has 90 valence electrons. The zero-order chi connectivity index (χ0) is 13.0. The van der Waals surface area contributed by atoms with Crippen LogP contribution < -0.4 is 0 Å². The van der Waals surface area contributed by atoms with Crippen molar-refractivity contribution in [3.63, 3.8) is 0 Å². The largest absolute Gasteiger partial charge is 0.477 e. The maximum atomic E-state index is 10.6. The van der Waals surface area contributed by atoms with Gasteiger partial charge in [-0.05, 0) is 29.3 Å². The highest BCUT2D eigenvalue weighted by Crippen LogP contribution is 2.12. The van der Waals surface area contributed by atoms with Crippen molar-refractivity contribution in [2.75, 3.05) is 0 Å². The van der Waals surface area contributed by atoms with Crippen LogP contribution in [0.1, 0.15) is 21.6 Å². The molecule has 3 nitrogen and oxygen atoms in total. The van der Waals surface area contributed by atoms with Gasteiger partial charge in [0.25, 0.3) is 0 Å². The molecule has 2 aromatic rings. The van der Waals surface area contributed by atoms with E-state index in [1.165, 1.54) is 12.3 Å². The highest BCUT2D eigenvalue weighted by atomic mass is 35.5. The molecule has 2 rings (SSSR count). The summed E-state index contributed by atoms with van der Waals surface area (Å²) in [6.45, 7) is 0. The predicted molar refractivity (Wildman–Crippen MR) is 71.6 cm³/mol. The summed E-state index contributed by atoms with van der Waals surface area (Å²) in [6, 6.07) is 10.6. The van der Waals surface area contributed by atoms with Crippen molar-refractivity contribution in [2.24, 2.45) is 0 Å². The van der Waals surface area contributed by atoms with Crippen LogP contribution in [0.25, 0.3) is 12.2 Å². The number of rotatable bonds is 3. The number of carboxylic acids is 1. The van der Waals surface area contributed by atoms with E-state index in [1.807, 2.05) is 36.4 Å². The van der Waals surface area contributed by atoms with Crippen molar-refractivity contribution in [2.45, 2.75) is 0 Å². The van der Waals surface area contributed by atoms with Gasteiger partial charge in [0.15, 0.2) is 0 Å². The van der Waals surface area contributed by atoms with Gasteiger partial charge < -0.3 is 5.11 Å². The number of aromatic nitrogens is 1. The Morgan fingerprint density at radius 1 is 1.06 bits per heavy atom. The fourth-order valence-electron chi connectivity index (χ4n) is 1.40. The first-order valence-electron chi connectivity index (χ1n) is 5.28. The third kappa shape index (κ3) is 3.18. The standard InChI is InChI=1S/C14H10ClNO2/c15-12-6-3-10(4-7-12)1-2-11-5-8-13(14(17)18)16-9-11/h1-9H,(H,17,18)/b2-1+. The summed E-state index contributed by atoms with van der Waals surface area (Å²) in [6.07, 6.45) is 5.30. The zero-order valence-corrected chi connectivity index (χ0v) is 10.1. The van der Waals surface area contributed by atoms with Gasteiger partial charge in [0.2, 0.25) is 0 Å². The Balaban J connectivity index is 2.13. The lowest BCUT2D eigenvalue weighted by atomic mass is 10.1. The van der Waals surface area contributed by atoms with E-state index < -0.39 is 5.97 Å². The lowest BCUT2D eigenvalue weighted by molar-refractivity contribution is 0.0690. The third-order valence-corrected chi connectivity index (χ3v) is 2.60. The van der Waals surface area contributed by atoms with E-state index in [0.717, 1.165) is 11.1 Å². The van der Waals surface area contributed by atoms with Crippen LogP contribution in [0.4, 0.5) is 0 Å². The van der Waals surface area contributed by atoms with Crippen LogP contribution in [0, 0.1) is 0 Å². The Labute approximate surface area is 109 Å². The molecule has 0 aliphatic carbocycles. The lowest BCUT2D eigenvalue weighted by Gasteiger charge is -1.96. The van der Waals surface area contributed by atoms with E-state index in [-0.39, 0.29) is 5.69 Å². The van der Waals surface area contributed by atoms with Gasteiger partial charge in [0.1, 0.15) is 5.69 Å². The fraction of sp³-hybridized carbons (Fsp3) is 0. The molecular formula is C14H10ClNO2. The van der Waals surface area contributed by atoms with E-state index in [2.05, 4.69) is 4.98 Å². The number of pyridine rings is 1. The summed E-state index contributed by atoms with van der Waals surface area (Å²) >= 11 is 5.79. The van der Waals surface area contributed by atoms with Gasteiger partial charge in [-0.15, -0.1) is 0 Å². The minimum absolute atomic E-state index is 0.0404. The smallest absolute Gasteiger partial charge is 0.354 e. The van der Waals surface area contributed by atoms with Gasteiger partial charge in [-0.2, -0.15) is 0 Å². The summed E-state index contributed by atoms with van der Waals surface area (Å²) < 4.78 is 0. The Morgan fingerprint density at radius 2 is 1.67 bits per heavy atom. The average Bonchev–Trinajstić information content (AvgIpc) is 2.38.